The molecule has 1 aliphatic carbocycles. The van der Waals surface area contributed by atoms with Crippen LogP contribution in [0.15, 0.2) is 18.2 Å². The second-order valence-corrected chi connectivity index (χ2v) is 4.44. The van der Waals surface area contributed by atoms with E-state index in [9.17, 15) is 4.79 Å². The molecule has 0 unspecified atom stereocenters. The third-order valence-corrected chi connectivity index (χ3v) is 2.91. The first kappa shape index (κ1) is 10.8. The Morgan fingerprint density at radius 1 is 1.50 bits per heavy atom. The summed E-state index contributed by atoms with van der Waals surface area (Å²) in [5.74, 6) is 0.327. The molecule has 1 aliphatic rings. The summed E-state index contributed by atoms with van der Waals surface area (Å²) in [7, 11) is 1.52. The lowest BCUT2D eigenvalue weighted by Crippen LogP contribution is -2.34. The van der Waals surface area contributed by atoms with Crippen molar-refractivity contribution in [2.24, 2.45) is 0 Å². The number of rotatable bonds is 3. The van der Waals surface area contributed by atoms with Crippen LogP contribution in [0, 0.1) is 0 Å². The molecule has 16 heavy (non-hydrogen) atoms. The van der Waals surface area contributed by atoms with Gasteiger partial charge in [0.25, 0.3) is 5.91 Å². The first-order valence-corrected chi connectivity index (χ1v) is 5.31. The van der Waals surface area contributed by atoms with Gasteiger partial charge < -0.3 is 15.8 Å². The Balaban J connectivity index is 2.25. The second-order valence-electron chi connectivity index (χ2n) is 4.44. The number of nitrogen functional groups attached to an aromatic ring is 1. The molecule has 1 fully saturated rings. The zero-order chi connectivity index (χ0) is 11.8. The molecule has 0 saturated heterocycles. The van der Waals surface area contributed by atoms with E-state index in [1.54, 1.807) is 18.2 Å². The van der Waals surface area contributed by atoms with Gasteiger partial charge >= 0.3 is 0 Å². The highest BCUT2D eigenvalue weighted by molar-refractivity contribution is 5.99. The lowest BCUT2D eigenvalue weighted by atomic mass is 10.1. The summed E-state index contributed by atoms with van der Waals surface area (Å²) >= 11 is 0. The number of carbonyl (C=O) groups excluding carboxylic acids is 1. The van der Waals surface area contributed by atoms with Crippen molar-refractivity contribution >= 4 is 11.6 Å². The van der Waals surface area contributed by atoms with E-state index < -0.39 is 0 Å². The Hall–Kier alpha value is -1.71. The van der Waals surface area contributed by atoms with Crippen LogP contribution in [-0.4, -0.2) is 18.6 Å². The van der Waals surface area contributed by atoms with Gasteiger partial charge in [0.15, 0.2) is 5.75 Å². The zero-order valence-corrected chi connectivity index (χ0v) is 9.54. The third kappa shape index (κ3) is 1.96. The van der Waals surface area contributed by atoms with E-state index >= 15 is 0 Å². The zero-order valence-electron chi connectivity index (χ0n) is 9.54. The number of nitrogens with one attached hydrogen (secondary N) is 1. The molecule has 1 amide bonds. The van der Waals surface area contributed by atoms with Crippen LogP contribution in [0.25, 0.3) is 0 Å². The van der Waals surface area contributed by atoms with Gasteiger partial charge in [0, 0.05) is 5.54 Å². The first-order valence-electron chi connectivity index (χ1n) is 5.31. The van der Waals surface area contributed by atoms with Crippen molar-refractivity contribution in [1.82, 2.24) is 5.32 Å². The normalized spacial score (nSPS) is 16.6. The molecule has 0 aliphatic heterocycles. The molecular formula is C12H16N2O2. The maximum Gasteiger partial charge on any atom is 0.255 e. The van der Waals surface area contributed by atoms with Crippen LogP contribution >= 0.6 is 0 Å². The van der Waals surface area contributed by atoms with Gasteiger partial charge in [-0.3, -0.25) is 4.79 Å². The first-order chi connectivity index (χ1) is 7.56. The summed E-state index contributed by atoms with van der Waals surface area (Å²) in [5.41, 5.74) is 6.69. The smallest absolute Gasteiger partial charge is 0.255 e. The molecule has 0 bridgehead atoms. The van der Waals surface area contributed by atoms with Gasteiger partial charge in [-0.05, 0) is 31.9 Å². The fourth-order valence-corrected chi connectivity index (χ4v) is 1.62. The highest BCUT2D eigenvalue weighted by Gasteiger charge is 2.39. The fourth-order valence-electron chi connectivity index (χ4n) is 1.62. The highest BCUT2D eigenvalue weighted by Crippen LogP contribution is 2.35. The Labute approximate surface area is 94.8 Å². The number of benzene rings is 1. The van der Waals surface area contributed by atoms with Crippen molar-refractivity contribution < 1.29 is 9.53 Å². The van der Waals surface area contributed by atoms with Crippen molar-refractivity contribution in [3.63, 3.8) is 0 Å². The Kier molecular flexibility index (Phi) is 2.50. The number of hydrogen-bond donors (Lipinski definition) is 2. The third-order valence-electron chi connectivity index (χ3n) is 2.91. The van der Waals surface area contributed by atoms with E-state index in [-0.39, 0.29) is 11.4 Å². The van der Waals surface area contributed by atoms with Crippen LogP contribution in [0.1, 0.15) is 30.1 Å². The van der Waals surface area contributed by atoms with Gasteiger partial charge in [-0.25, -0.2) is 0 Å². The largest absolute Gasteiger partial charge is 0.494 e. The van der Waals surface area contributed by atoms with E-state index in [1.807, 2.05) is 6.92 Å². The van der Waals surface area contributed by atoms with Gasteiger partial charge in [-0.15, -0.1) is 0 Å². The van der Waals surface area contributed by atoms with Crippen LogP contribution in [0.5, 0.6) is 5.75 Å². The quantitative estimate of drug-likeness (QED) is 0.760. The van der Waals surface area contributed by atoms with E-state index in [2.05, 4.69) is 5.32 Å². The molecular weight excluding hydrogens is 204 g/mol. The minimum absolute atomic E-state index is 0.0350. The number of amides is 1. The number of anilines is 1. The summed E-state index contributed by atoms with van der Waals surface area (Å²) < 4.78 is 5.15. The van der Waals surface area contributed by atoms with Crippen LogP contribution in [0.4, 0.5) is 5.69 Å². The average Bonchev–Trinajstić information content (AvgIpc) is 2.95. The molecule has 0 radical (unpaired) electrons. The lowest BCUT2D eigenvalue weighted by molar-refractivity contribution is 0.0932. The number of ether oxygens (including phenoxy) is 1. The topological polar surface area (TPSA) is 64.3 Å². The molecule has 1 saturated carbocycles. The van der Waals surface area contributed by atoms with Crippen LogP contribution in [0.3, 0.4) is 0 Å². The number of methoxy groups -OCH3 is 1. The van der Waals surface area contributed by atoms with E-state index in [4.69, 9.17) is 10.5 Å². The summed E-state index contributed by atoms with van der Waals surface area (Å²) in [5, 5.41) is 2.97. The minimum Gasteiger partial charge on any atom is -0.494 e. The fraction of sp³-hybridized carbons (Fsp3) is 0.417. The van der Waals surface area contributed by atoms with Crippen LogP contribution in [0.2, 0.25) is 0 Å². The van der Waals surface area contributed by atoms with Crippen LogP contribution in [-0.2, 0) is 0 Å². The van der Waals surface area contributed by atoms with Crippen molar-refractivity contribution in [1.29, 1.82) is 0 Å². The van der Waals surface area contributed by atoms with Crippen molar-refractivity contribution in [3.05, 3.63) is 23.8 Å². The minimum atomic E-state index is -0.121. The summed E-state index contributed by atoms with van der Waals surface area (Å²) in [6.45, 7) is 2.03. The van der Waals surface area contributed by atoms with E-state index in [0.29, 0.717) is 17.0 Å². The molecule has 2 rings (SSSR count). The average molecular weight is 220 g/mol. The number of carbonyl (C=O) groups is 1. The number of para-hydroxylation sites is 1. The molecule has 0 aromatic heterocycles. The molecule has 3 N–H and O–H groups in total. The van der Waals surface area contributed by atoms with Gasteiger partial charge in [0.1, 0.15) is 0 Å². The SMILES string of the molecule is COc1c(N)cccc1C(=O)NC1(C)CC1. The summed E-state index contributed by atoms with van der Waals surface area (Å²) in [6, 6.07) is 5.19. The van der Waals surface area contributed by atoms with Crippen LogP contribution < -0.4 is 15.8 Å². The molecule has 0 spiro atoms. The standard InChI is InChI=1S/C12H16N2O2/c1-12(6-7-12)14-11(15)8-4-3-5-9(13)10(8)16-2/h3-5H,6-7,13H2,1-2H3,(H,14,15). The summed E-state index contributed by atoms with van der Waals surface area (Å²) in [6.07, 6.45) is 2.06. The predicted octanol–water partition coefficient (Wildman–Crippen LogP) is 1.56. The number of hydrogen-bond acceptors (Lipinski definition) is 3. The lowest BCUT2D eigenvalue weighted by Gasteiger charge is -2.14. The summed E-state index contributed by atoms with van der Waals surface area (Å²) in [4.78, 5) is 12.0. The molecule has 4 heteroatoms. The predicted molar refractivity (Wildman–Crippen MR) is 62.5 cm³/mol. The Morgan fingerprint density at radius 2 is 2.19 bits per heavy atom. The van der Waals surface area contributed by atoms with Crippen molar-refractivity contribution in [2.45, 2.75) is 25.3 Å². The Bertz CT molecular complexity index is 425. The molecule has 86 valence electrons. The molecule has 0 heterocycles. The molecule has 4 nitrogen and oxygen atoms in total. The van der Waals surface area contributed by atoms with E-state index in [0.717, 1.165) is 12.8 Å². The van der Waals surface area contributed by atoms with Crippen molar-refractivity contribution in [3.8, 4) is 5.75 Å². The van der Waals surface area contributed by atoms with Gasteiger partial charge in [0.2, 0.25) is 0 Å². The van der Waals surface area contributed by atoms with Gasteiger partial charge in [-0.1, -0.05) is 6.07 Å². The second kappa shape index (κ2) is 3.70. The van der Waals surface area contributed by atoms with Crippen molar-refractivity contribution in [2.75, 3.05) is 12.8 Å². The highest BCUT2D eigenvalue weighted by atomic mass is 16.5. The maximum atomic E-state index is 12.0. The molecule has 0 atom stereocenters. The van der Waals surface area contributed by atoms with E-state index in [1.165, 1.54) is 7.11 Å². The Morgan fingerprint density at radius 3 is 2.75 bits per heavy atom. The molecule has 1 aromatic carbocycles. The monoisotopic (exact) mass is 220 g/mol. The van der Waals surface area contributed by atoms with Gasteiger partial charge in [-0.2, -0.15) is 0 Å². The van der Waals surface area contributed by atoms with Gasteiger partial charge in [0.05, 0.1) is 18.4 Å². The number of nitrogens with two attached hydrogens (primary N) is 1. The maximum absolute atomic E-state index is 12.0. The molecule has 1 aromatic rings.